The lowest BCUT2D eigenvalue weighted by atomic mass is 10.1. The Morgan fingerprint density at radius 2 is 2.00 bits per heavy atom. The van der Waals surface area contributed by atoms with E-state index in [4.69, 9.17) is 4.74 Å². The number of thiazole rings is 1. The molecule has 0 aliphatic rings. The van der Waals surface area contributed by atoms with Crippen molar-refractivity contribution in [2.45, 2.75) is 25.9 Å². The first-order chi connectivity index (χ1) is 11.3. The number of ether oxygens (including phenoxy) is 1. The summed E-state index contributed by atoms with van der Waals surface area (Å²) in [5.74, 6) is 0.928. The normalized spacial score (nSPS) is 11.3. The van der Waals surface area contributed by atoms with Crippen LogP contribution in [0.4, 0.5) is 0 Å². The molecular formula is C18H22Cl2N2OS2. The van der Waals surface area contributed by atoms with Gasteiger partial charge in [0, 0.05) is 35.0 Å². The van der Waals surface area contributed by atoms with Crippen LogP contribution in [0.3, 0.4) is 0 Å². The summed E-state index contributed by atoms with van der Waals surface area (Å²) in [6, 6.07) is 10.8. The van der Waals surface area contributed by atoms with Gasteiger partial charge in [0.05, 0.1) is 13.2 Å². The van der Waals surface area contributed by atoms with Crippen molar-refractivity contribution in [1.82, 2.24) is 10.3 Å². The summed E-state index contributed by atoms with van der Waals surface area (Å²) >= 11 is 3.49. The van der Waals surface area contributed by atoms with Crippen LogP contribution in [-0.2, 0) is 13.0 Å². The molecule has 0 aliphatic carbocycles. The molecule has 25 heavy (non-hydrogen) atoms. The van der Waals surface area contributed by atoms with Crippen LogP contribution in [0.2, 0.25) is 0 Å². The Bertz CT molecular complexity index is 734. The largest absolute Gasteiger partial charge is 0.496 e. The van der Waals surface area contributed by atoms with Gasteiger partial charge in [0.25, 0.3) is 0 Å². The molecule has 0 fully saturated rings. The van der Waals surface area contributed by atoms with Gasteiger partial charge in [-0.05, 0) is 24.4 Å². The third-order valence-electron chi connectivity index (χ3n) is 3.71. The molecule has 0 bridgehead atoms. The smallest absolute Gasteiger partial charge is 0.123 e. The van der Waals surface area contributed by atoms with E-state index in [2.05, 4.69) is 46.9 Å². The number of thiophene rings is 1. The van der Waals surface area contributed by atoms with Gasteiger partial charge in [-0.25, -0.2) is 4.98 Å². The zero-order chi connectivity index (χ0) is 16.1. The molecule has 0 saturated carbocycles. The van der Waals surface area contributed by atoms with Crippen molar-refractivity contribution in [2.75, 3.05) is 7.11 Å². The number of hydrogen-bond acceptors (Lipinski definition) is 5. The fourth-order valence-corrected chi connectivity index (χ4v) is 4.03. The average Bonchev–Trinajstić information content (AvgIpc) is 3.25. The predicted octanol–water partition coefficient (Wildman–Crippen LogP) is 5.44. The number of aromatic nitrogens is 1. The number of hydrogen-bond donors (Lipinski definition) is 1. The van der Waals surface area contributed by atoms with Crippen LogP contribution in [0.15, 0.2) is 47.3 Å². The number of aryl methyl sites for hydroxylation is 1. The zero-order valence-electron chi connectivity index (χ0n) is 14.1. The second-order valence-electron chi connectivity index (χ2n) is 5.40. The Morgan fingerprint density at radius 1 is 1.16 bits per heavy atom. The van der Waals surface area contributed by atoms with E-state index in [1.807, 2.05) is 17.6 Å². The van der Waals surface area contributed by atoms with Gasteiger partial charge in [-0.1, -0.05) is 23.8 Å². The van der Waals surface area contributed by atoms with Gasteiger partial charge in [-0.2, -0.15) is 0 Å². The maximum absolute atomic E-state index is 5.48. The Kier molecular flexibility index (Phi) is 9.46. The second-order valence-corrected chi connectivity index (χ2v) is 7.36. The first-order valence-electron chi connectivity index (χ1n) is 7.55. The minimum absolute atomic E-state index is 0. The number of nitrogens with one attached hydrogen (secondary N) is 1. The van der Waals surface area contributed by atoms with Crippen molar-refractivity contribution in [3.8, 4) is 5.75 Å². The van der Waals surface area contributed by atoms with Gasteiger partial charge in [-0.3, -0.25) is 0 Å². The van der Waals surface area contributed by atoms with Crippen LogP contribution < -0.4 is 10.1 Å². The van der Waals surface area contributed by atoms with Crippen molar-refractivity contribution in [1.29, 1.82) is 0 Å². The predicted molar refractivity (Wildman–Crippen MR) is 112 cm³/mol. The van der Waals surface area contributed by atoms with Crippen molar-refractivity contribution in [3.05, 3.63) is 68.3 Å². The molecule has 1 aromatic carbocycles. The highest BCUT2D eigenvalue weighted by atomic mass is 35.5. The summed E-state index contributed by atoms with van der Waals surface area (Å²) in [5, 5.41) is 8.94. The molecule has 0 spiro atoms. The summed E-state index contributed by atoms with van der Waals surface area (Å²) in [7, 11) is 1.72. The summed E-state index contributed by atoms with van der Waals surface area (Å²) in [6.07, 6.45) is 2.83. The molecule has 3 rings (SSSR count). The monoisotopic (exact) mass is 416 g/mol. The SMILES string of the molecule is COc1ccc(C)cc1CNC(Cc1cccs1)c1nccs1.Cl.Cl. The summed E-state index contributed by atoms with van der Waals surface area (Å²) in [6.45, 7) is 2.87. The molecule has 0 radical (unpaired) electrons. The van der Waals surface area contributed by atoms with Crippen molar-refractivity contribution in [3.63, 3.8) is 0 Å². The molecule has 1 N–H and O–H groups in total. The zero-order valence-corrected chi connectivity index (χ0v) is 17.4. The van der Waals surface area contributed by atoms with E-state index in [-0.39, 0.29) is 30.9 Å². The third kappa shape index (κ3) is 5.97. The van der Waals surface area contributed by atoms with Gasteiger partial charge in [0.15, 0.2) is 0 Å². The maximum Gasteiger partial charge on any atom is 0.123 e. The van der Waals surface area contributed by atoms with E-state index >= 15 is 0 Å². The van der Waals surface area contributed by atoms with E-state index in [0.29, 0.717) is 0 Å². The summed E-state index contributed by atoms with van der Waals surface area (Å²) < 4.78 is 5.48. The van der Waals surface area contributed by atoms with E-state index in [9.17, 15) is 0 Å². The molecule has 1 atom stereocenters. The fourth-order valence-electron chi connectivity index (χ4n) is 2.56. The highest BCUT2D eigenvalue weighted by molar-refractivity contribution is 7.10. The Hall–Kier alpha value is -1.11. The van der Waals surface area contributed by atoms with Gasteiger partial charge >= 0.3 is 0 Å². The van der Waals surface area contributed by atoms with Crippen molar-refractivity contribution in [2.24, 2.45) is 0 Å². The molecule has 0 saturated heterocycles. The van der Waals surface area contributed by atoms with E-state index in [1.54, 1.807) is 29.8 Å². The van der Waals surface area contributed by atoms with Crippen LogP contribution in [0.1, 0.15) is 27.1 Å². The van der Waals surface area contributed by atoms with Crippen LogP contribution in [0.25, 0.3) is 0 Å². The lowest BCUT2D eigenvalue weighted by molar-refractivity contribution is 0.405. The molecule has 2 heterocycles. The number of rotatable bonds is 7. The molecule has 2 aromatic heterocycles. The van der Waals surface area contributed by atoms with E-state index in [0.717, 1.165) is 23.7 Å². The Balaban J connectivity index is 0.00000156. The molecule has 136 valence electrons. The number of benzene rings is 1. The fraction of sp³-hybridized carbons (Fsp3) is 0.278. The first kappa shape index (κ1) is 21.9. The second kappa shape index (κ2) is 10.8. The van der Waals surface area contributed by atoms with E-state index in [1.165, 1.54) is 16.0 Å². The molecular weight excluding hydrogens is 395 g/mol. The topological polar surface area (TPSA) is 34.1 Å². The van der Waals surface area contributed by atoms with E-state index < -0.39 is 0 Å². The van der Waals surface area contributed by atoms with Crippen LogP contribution >= 0.6 is 47.5 Å². The summed E-state index contributed by atoms with van der Waals surface area (Å²) in [4.78, 5) is 5.87. The van der Waals surface area contributed by atoms with Gasteiger partial charge in [-0.15, -0.1) is 47.5 Å². The molecule has 3 aromatic rings. The van der Waals surface area contributed by atoms with Crippen LogP contribution in [0.5, 0.6) is 5.75 Å². The average molecular weight is 417 g/mol. The third-order valence-corrected chi connectivity index (χ3v) is 5.50. The number of halogens is 2. The maximum atomic E-state index is 5.48. The van der Waals surface area contributed by atoms with Crippen LogP contribution in [0, 0.1) is 6.92 Å². The Labute approximate surface area is 169 Å². The Morgan fingerprint density at radius 3 is 2.64 bits per heavy atom. The lowest BCUT2D eigenvalue weighted by Gasteiger charge is -2.17. The minimum Gasteiger partial charge on any atom is -0.496 e. The van der Waals surface area contributed by atoms with Crippen molar-refractivity contribution < 1.29 is 4.74 Å². The van der Waals surface area contributed by atoms with Gasteiger partial charge < -0.3 is 10.1 Å². The molecule has 7 heteroatoms. The van der Waals surface area contributed by atoms with Gasteiger partial charge in [0.1, 0.15) is 10.8 Å². The number of nitrogens with zero attached hydrogens (tertiary/aromatic N) is 1. The molecule has 0 aliphatic heterocycles. The molecule has 0 amide bonds. The summed E-state index contributed by atoms with van der Waals surface area (Å²) in [5.41, 5.74) is 2.42. The number of methoxy groups -OCH3 is 1. The molecule has 3 nitrogen and oxygen atoms in total. The highest BCUT2D eigenvalue weighted by Crippen LogP contribution is 2.25. The van der Waals surface area contributed by atoms with Crippen molar-refractivity contribution >= 4 is 47.5 Å². The minimum atomic E-state index is 0. The lowest BCUT2D eigenvalue weighted by Crippen LogP contribution is -2.23. The quantitative estimate of drug-likeness (QED) is 0.556. The van der Waals surface area contributed by atoms with Gasteiger partial charge in [0.2, 0.25) is 0 Å². The van der Waals surface area contributed by atoms with Crippen LogP contribution in [-0.4, -0.2) is 12.1 Å². The standard InChI is InChI=1S/C18H20N2OS2.2ClH/c1-13-5-6-17(21-2)14(10-13)12-20-16(18-19-7-9-23-18)11-15-4-3-8-22-15;;/h3-10,16,20H,11-12H2,1-2H3;2*1H. The highest BCUT2D eigenvalue weighted by Gasteiger charge is 2.16. The molecule has 1 unspecified atom stereocenters. The first-order valence-corrected chi connectivity index (χ1v) is 9.31.